The molecule has 3 heteroatoms. The zero-order chi connectivity index (χ0) is 9.52. The average Bonchev–Trinajstić information content (AvgIpc) is 2.17. The van der Waals surface area contributed by atoms with Crippen molar-refractivity contribution in [2.24, 2.45) is 5.92 Å². The molecule has 1 aliphatic rings. The second-order valence-electron chi connectivity index (χ2n) is 3.22. The van der Waals surface area contributed by atoms with Gasteiger partial charge in [0, 0.05) is 12.6 Å². The Kier molecular flexibility index (Phi) is 4.54. The Hall–Kier alpha value is -0.830. The van der Waals surface area contributed by atoms with Crippen LogP contribution < -0.4 is 5.32 Å². The maximum absolute atomic E-state index is 11.0. The number of carbonyl (C=O) groups is 1. The van der Waals surface area contributed by atoms with Gasteiger partial charge in [-0.05, 0) is 32.2 Å². The van der Waals surface area contributed by atoms with Crippen molar-refractivity contribution in [1.82, 2.24) is 5.32 Å². The van der Waals surface area contributed by atoms with Crippen LogP contribution in [0.3, 0.4) is 0 Å². The summed E-state index contributed by atoms with van der Waals surface area (Å²) < 4.78 is 4.79. The smallest absolute Gasteiger partial charge is 0.330 e. The molecular weight excluding hydrogens is 166 g/mol. The van der Waals surface area contributed by atoms with Crippen molar-refractivity contribution in [2.45, 2.75) is 19.8 Å². The summed E-state index contributed by atoms with van der Waals surface area (Å²) in [5.74, 6) is 0.270. The van der Waals surface area contributed by atoms with Crippen LogP contribution in [0.2, 0.25) is 0 Å². The van der Waals surface area contributed by atoms with Gasteiger partial charge >= 0.3 is 5.97 Å². The standard InChI is InChI=1S/C10H17NO2/c1-2-13-10(12)6-5-9-4-3-7-11-8-9/h5-6,9,11H,2-4,7-8H2,1H3/b6-5+. The number of ether oxygens (including phenoxy) is 1. The summed E-state index contributed by atoms with van der Waals surface area (Å²) in [5, 5.41) is 3.29. The number of rotatable bonds is 3. The van der Waals surface area contributed by atoms with Crippen LogP contribution in [-0.2, 0) is 9.53 Å². The summed E-state index contributed by atoms with van der Waals surface area (Å²) in [6, 6.07) is 0. The van der Waals surface area contributed by atoms with Gasteiger partial charge in [0.15, 0.2) is 0 Å². The minimum absolute atomic E-state index is 0.229. The predicted octanol–water partition coefficient (Wildman–Crippen LogP) is 1.11. The Morgan fingerprint density at radius 3 is 3.15 bits per heavy atom. The van der Waals surface area contributed by atoms with Crippen molar-refractivity contribution in [2.75, 3.05) is 19.7 Å². The molecule has 1 heterocycles. The maximum atomic E-state index is 11.0. The van der Waals surface area contributed by atoms with Crippen molar-refractivity contribution < 1.29 is 9.53 Å². The lowest BCUT2D eigenvalue weighted by atomic mass is 9.99. The predicted molar refractivity (Wildman–Crippen MR) is 51.4 cm³/mol. The minimum Gasteiger partial charge on any atom is -0.463 e. The van der Waals surface area contributed by atoms with E-state index in [1.807, 2.05) is 13.0 Å². The molecular formula is C10H17NO2. The first-order valence-electron chi connectivity index (χ1n) is 4.88. The summed E-state index contributed by atoms with van der Waals surface area (Å²) >= 11 is 0. The zero-order valence-electron chi connectivity index (χ0n) is 8.08. The number of esters is 1. The molecule has 0 saturated carbocycles. The number of carbonyl (C=O) groups excluding carboxylic acids is 1. The van der Waals surface area contributed by atoms with E-state index in [1.165, 1.54) is 12.8 Å². The topological polar surface area (TPSA) is 38.3 Å². The molecule has 0 aromatic rings. The third-order valence-electron chi connectivity index (χ3n) is 2.13. The van der Waals surface area contributed by atoms with Gasteiger partial charge in [-0.3, -0.25) is 0 Å². The van der Waals surface area contributed by atoms with E-state index >= 15 is 0 Å². The summed E-state index contributed by atoms with van der Waals surface area (Å²) in [7, 11) is 0. The Morgan fingerprint density at radius 1 is 1.69 bits per heavy atom. The van der Waals surface area contributed by atoms with Crippen LogP contribution in [0.4, 0.5) is 0 Å². The molecule has 0 amide bonds. The van der Waals surface area contributed by atoms with Crippen LogP contribution in [0, 0.1) is 5.92 Å². The van der Waals surface area contributed by atoms with Crippen molar-refractivity contribution in [1.29, 1.82) is 0 Å². The van der Waals surface area contributed by atoms with E-state index in [9.17, 15) is 4.79 Å². The van der Waals surface area contributed by atoms with Gasteiger partial charge in [0.25, 0.3) is 0 Å². The van der Waals surface area contributed by atoms with E-state index in [1.54, 1.807) is 6.08 Å². The van der Waals surface area contributed by atoms with Gasteiger partial charge in [0.1, 0.15) is 0 Å². The zero-order valence-corrected chi connectivity index (χ0v) is 8.08. The molecule has 1 saturated heterocycles. The molecule has 3 nitrogen and oxygen atoms in total. The Bertz CT molecular complexity index is 183. The number of hydrogen-bond acceptors (Lipinski definition) is 3. The highest BCUT2D eigenvalue weighted by atomic mass is 16.5. The molecule has 1 rings (SSSR count). The highest BCUT2D eigenvalue weighted by Crippen LogP contribution is 2.10. The van der Waals surface area contributed by atoms with Crippen LogP contribution in [0.5, 0.6) is 0 Å². The highest BCUT2D eigenvalue weighted by molar-refractivity contribution is 5.81. The third kappa shape index (κ3) is 4.08. The van der Waals surface area contributed by atoms with Gasteiger partial charge in [0.05, 0.1) is 6.61 Å². The SMILES string of the molecule is CCOC(=O)/C=C/C1CCCNC1. The van der Waals surface area contributed by atoms with Gasteiger partial charge in [-0.2, -0.15) is 0 Å². The molecule has 1 unspecified atom stereocenters. The third-order valence-corrected chi connectivity index (χ3v) is 2.13. The first-order valence-corrected chi connectivity index (χ1v) is 4.88. The van der Waals surface area contributed by atoms with Crippen LogP contribution in [0.25, 0.3) is 0 Å². The molecule has 0 aliphatic carbocycles. The molecule has 1 aliphatic heterocycles. The second-order valence-corrected chi connectivity index (χ2v) is 3.22. The maximum Gasteiger partial charge on any atom is 0.330 e. The Balaban J connectivity index is 2.24. The van der Waals surface area contributed by atoms with Gasteiger partial charge in [-0.15, -0.1) is 0 Å². The Labute approximate surface area is 79.2 Å². The lowest BCUT2D eigenvalue weighted by Gasteiger charge is -2.19. The monoisotopic (exact) mass is 183 g/mol. The molecule has 1 N–H and O–H groups in total. The fourth-order valence-electron chi connectivity index (χ4n) is 1.45. The van der Waals surface area contributed by atoms with Gasteiger partial charge in [-0.1, -0.05) is 6.08 Å². The van der Waals surface area contributed by atoms with E-state index in [-0.39, 0.29) is 5.97 Å². The molecule has 0 aromatic heterocycles. The van der Waals surface area contributed by atoms with Crippen molar-refractivity contribution in [3.05, 3.63) is 12.2 Å². The van der Waals surface area contributed by atoms with Crippen molar-refractivity contribution >= 4 is 5.97 Å². The van der Waals surface area contributed by atoms with E-state index < -0.39 is 0 Å². The average molecular weight is 183 g/mol. The molecule has 0 spiro atoms. The largest absolute Gasteiger partial charge is 0.463 e. The first kappa shape index (κ1) is 10.3. The molecule has 13 heavy (non-hydrogen) atoms. The fraction of sp³-hybridized carbons (Fsp3) is 0.700. The molecule has 74 valence electrons. The summed E-state index contributed by atoms with van der Waals surface area (Å²) in [4.78, 5) is 11.0. The van der Waals surface area contributed by atoms with Crippen molar-refractivity contribution in [3.8, 4) is 0 Å². The second kappa shape index (κ2) is 5.75. The van der Waals surface area contributed by atoms with Crippen LogP contribution in [0.15, 0.2) is 12.2 Å². The molecule has 0 radical (unpaired) electrons. The van der Waals surface area contributed by atoms with Gasteiger partial charge in [0.2, 0.25) is 0 Å². The lowest BCUT2D eigenvalue weighted by molar-refractivity contribution is -0.137. The lowest BCUT2D eigenvalue weighted by Crippen LogP contribution is -2.28. The summed E-state index contributed by atoms with van der Waals surface area (Å²) in [5.41, 5.74) is 0. The van der Waals surface area contributed by atoms with E-state index in [2.05, 4.69) is 5.32 Å². The number of nitrogens with one attached hydrogen (secondary N) is 1. The minimum atomic E-state index is -0.229. The first-order chi connectivity index (χ1) is 6.33. The molecule has 0 bridgehead atoms. The normalized spacial score (nSPS) is 23.3. The van der Waals surface area contributed by atoms with Gasteiger partial charge < -0.3 is 10.1 Å². The van der Waals surface area contributed by atoms with Crippen LogP contribution in [-0.4, -0.2) is 25.7 Å². The van der Waals surface area contributed by atoms with Gasteiger partial charge in [-0.25, -0.2) is 4.79 Å². The summed E-state index contributed by atoms with van der Waals surface area (Å²) in [6.45, 7) is 4.35. The highest BCUT2D eigenvalue weighted by Gasteiger charge is 2.09. The van der Waals surface area contributed by atoms with E-state index in [0.29, 0.717) is 12.5 Å². The fourth-order valence-corrected chi connectivity index (χ4v) is 1.45. The molecule has 1 fully saturated rings. The number of piperidine rings is 1. The van der Waals surface area contributed by atoms with E-state index in [0.717, 1.165) is 13.1 Å². The Morgan fingerprint density at radius 2 is 2.54 bits per heavy atom. The van der Waals surface area contributed by atoms with Crippen LogP contribution >= 0.6 is 0 Å². The summed E-state index contributed by atoms with van der Waals surface area (Å²) in [6.07, 6.45) is 5.85. The quantitative estimate of drug-likeness (QED) is 0.526. The molecule has 0 aromatic carbocycles. The van der Waals surface area contributed by atoms with Crippen molar-refractivity contribution in [3.63, 3.8) is 0 Å². The van der Waals surface area contributed by atoms with E-state index in [4.69, 9.17) is 4.74 Å². The molecule has 1 atom stereocenters. The number of hydrogen-bond donors (Lipinski definition) is 1. The van der Waals surface area contributed by atoms with Crippen LogP contribution in [0.1, 0.15) is 19.8 Å².